The molecule has 0 radical (unpaired) electrons. The summed E-state index contributed by atoms with van der Waals surface area (Å²) in [7, 11) is 2.79. The molecule has 0 spiro atoms. The molecular formula is C26H27ClF4N6O3. The number of piperidine rings is 1. The predicted octanol–water partition coefficient (Wildman–Crippen LogP) is 4.80. The number of halogens is 5. The zero-order chi connectivity index (χ0) is 28.4. The zero-order valence-corrected chi connectivity index (χ0v) is 22.4. The molecule has 2 N–H and O–H groups in total. The molecule has 4 heterocycles. The number of methoxy groups -OCH3 is 1. The van der Waals surface area contributed by atoms with Crippen LogP contribution in [0.2, 0.25) is 5.02 Å². The highest BCUT2D eigenvalue weighted by atomic mass is 35.5. The highest BCUT2D eigenvalue weighted by Crippen LogP contribution is 2.45. The molecule has 0 bridgehead atoms. The van der Waals surface area contributed by atoms with Crippen LogP contribution in [0.25, 0.3) is 10.9 Å². The van der Waals surface area contributed by atoms with E-state index in [1.807, 2.05) is 0 Å². The van der Waals surface area contributed by atoms with E-state index in [1.54, 1.807) is 30.1 Å². The molecule has 9 nitrogen and oxygen atoms in total. The summed E-state index contributed by atoms with van der Waals surface area (Å²) in [6.07, 6.45) is 1.000. The van der Waals surface area contributed by atoms with E-state index in [9.17, 15) is 22.4 Å². The van der Waals surface area contributed by atoms with E-state index in [4.69, 9.17) is 21.1 Å². The van der Waals surface area contributed by atoms with Gasteiger partial charge in [-0.2, -0.15) is 4.98 Å². The number of benzene rings is 1. The van der Waals surface area contributed by atoms with Crippen LogP contribution in [0, 0.1) is 5.92 Å². The van der Waals surface area contributed by atoms with Crippen molar-refractivity contribution in [3.05, 3.63) is 39.8 Å². The Hall–Kier alpha value is -3.32. The number of hydrogen-bond donors (Lipinski definition) is 2. The molecule has 214 valence electrons. The molecule has 3 aromatic rings. The molecule has 1 aromatic carbocycles. The first-order valence-corrected chi connectivity index (χ1v) is 13.3. The lowest BCUT2D eigenvalue weighted by molar-refractivity contribution is -0.132. The third kappa shape index (κ3) is 4.68. The second-order valence-corrected chi connectivity index (χ2v) is 10.9. The normalized spacial score (nSPS) is 23.6. The summed E-state index contributed by atoms with van der Waals surface area (Å²) in [6, 6.07) is 3.91. The third-order valence-corrected chi connectivity index (χ3v) is 8.02. The van der Waals surface area contributed by atoms with Crippen LogP contribution in [0.3, 0.4) is 0 Å². The minimum atomic E-state index is -3.15. The van der Waals surface area contributed by atoms with Crippen LogP contribution >= 0.6 is 11.6 Å². The number of aromatic nitrogens is 3. The van der Waals surface area contributed by atoms with Gasteiger partial charge in [0.25, 0.3) is 11.5 Å². The number of nitrogens with one attached hydrogen (secondary N) is 2. The minimum absolute atomic E-state index is 0.0303. The van der Waals surface area contributed by atoms with Gasteiger partial charge in [-0.15, -0.1) is 0 Å². The highest BCUT2D eigenvalue weighted by Gasteiger charge is 2.51. The fourth-order valence-corrected chi connectivity index (χ4v) is 5.46. The summed E-state index contributed by atoms with van der Waals surface area (Å²) >= 11 is 6.37. The van der Waals surface area contributed by atoms with Crippen molar-refractivity contribution in [2.75, 3.05) is 42.3 Å². The van der Waals surface area contributed by atoms with Gasteiger partial charge in [-0.1, -0.05) is 11.6 Å². The third-order valence-electron chi connectivity index (χ3n) is 7.74. The molecule has 1 aliphatic carbocycles. The lowest BCUT2D eigenvalue weighted by Gasteiger charge is -2.37. The van der Waals surface area contributed by atoms with Crippen molar-refractivity contribution < 1.29 is 27.0 Å². The molecule has 3 aliphatic rings. The van der Waals surface area contributed by atoms with Crippen molar-refractivity contribution in [3.8, 4) is 5.75 Å². The summed E-state index contributed by atoms with van der Waals surface area (Å²) in [5, 5.41) is 6.74. The van der Waals surface area contributed by atoms with Gasteiger partial charge < -0.3 is 29.6 Å². The van der Waals surface area contributed by atoms with E-state index in [2.05, 4.69) is 20.6 Å². The molecule has 40 heavy (non-hydrogen) atoms. The van der Waals surface area contributed by atoms with Crippen molar-refractivity contribution in [3.63, 3.8) is 0 Å². The minimum Gasteiger partial charge on any atom is -0.480 e. The van der Waals surface area contributed by atoms with E-state index in [-0.39, 0.29) is 47.2 Å². The van der Waals surface area contributed by atoms with Gasteiger partial charge in [0, 0.05) is 38.2 Å². The molecule has 2 aromatic heterocycles. The predicted molar refractivity (Wildman–Crippen MR) is 143 cm³/mol. The number of rotatable bonds is 5. The van der Waals surface area contributed by atoms with Crippen LogP contribution in [0.5, 0.6) is 5.75 Å². The van der Waals surface area contributed by atoms with Gasteiger partial charge in [0.2, 0.25) is 11.7 Å². The van der Waals surface area contributed by atoms with Crippen molar-refractivity contribution in [2.45, 2.75) is 43.3 Å². The summed E-state index contributed by atoms with van der Waals surface area (Å²) in [5.41, 5.74) is 0.707. The Labute approximate surface area is 231 Å². The van der Waals surface area contributed by atoms with Gasteiger partial charge in [-0.25, -0.2) is 22.5 Å². The van der Waals surface area contributed by atoms with Gasteiger partial charge in [0.15, 0.2) is 12.4 Å². The van der Waals surface area contributed by atoms with Crippen LogP contribution < -0.4 is 25.8 Å². The Bertz CT molecular complexity index is 1530. The number of fused-ring (bicyclic) bond motifs is 3. The molecule has 1 unspecified atom stereocenters. The molecule has 0 amide bonds. The standard InChI is InChI=1S/C26H27ClF4N6O3/c1-36-17-6-5-14(9-15(17)19-20(23(36)38)40-12-26(30,31)21(34-19)13-3-4-13)33-22-16(27)10-32-24(35-22)37-8-7-25(28,29)18(11-37)39-2/h5-6,9-10,13,18,21,34H,3-4,7-8,11-12H2,1-2H3,(H,32,33,35)/t18?,21-/m0/s1. The molecule has 2 atom stereocenters. The lowest BCUT2D eigenvalue weighted by atomic mass is 10.0. The number of anilines is 4. The molecule has 6 rings (SSSR count). The summed E-state index contributed by atoms with van der Waals surface area (Å²) in [4.78, 5) is 23.3. The van der Waals surface area contributed by atoms with Gasteiger partial charge in [0.1, 0.15) is 11.1 Å². The maximum absolute atomic E-state index is 14.9. The molecule has 1 saturated heterocycles. The summed E-state index contributed by atoms with van der Waals surface area (Å²) in [6.45, 7) is -0.958. The Morgan fingerprint density at radius 1 is 1.23 bits per heavy atom. The second-order valence-electron chi connectivity index (χ2n) is 10.5. The highest BCUT2D eigenvalue weighted by molar-refractivity contribution is 6.33. The van der Waals surface area contributed by atoms with Crippen LogP contribution in [-0.2, 0) is 11.8 Å². The number of pyridine rings is 1. The molecule has 2 fully saturated rings. The van der Waals surface area contributed by atoms with Crippen molar-refractivity contribution in [1.29, 1.82) is 0 Å². The van der Waals surface area contributed by atoms with Gasteiger partial charge >= 0.3 is 5.92 Å². The van der Waals surface area contributed by atoms with Crippen LogP contribution in [0.1, 0.15) is 19.3 Å². The van der Waals surface area contributed by atoms with E-state index in [1.165, 1.54) is 17.9 Å². The first-order valence-electron chi connectivity index (χ1n) is 12.9. The van der Waals surface area contributed by atoms with Crippen molar-refractivity contribution in [2.24, 2.45) is 13.0 Å². The van der Waals surface area contributed by atoms with Crippen LogP contribution in [0.15, 0.2) is 29.2 Å². The Morgan fingerprint density at radius 2 is 2.00 bits per heavy atom. The van der Waals surface area contributed by atoms with E-state index in [0.29, 0.717) is 29.4 Å². The first kappa shape index (κ1) is 26.9. The summed E-state index contributed by atoms with van der Waals surface area (Å²) in [5.74, 6) is -6.06. The maximum atomic E-state index is 14.9. The smallest absolute Gasteiger partial charge is 0.301 e. The average Bonchev–Trinajstić information content (AvgIpc) is 3.76. The number of hydrogen-bond acceptors (Lipinski definition) is 8. The second kappa shape index (κ2) is 9.65. The van der Waals surface area contributed by atoms with Crippen LogP contribution in [-0.4, -0.2) is 65.3 Å². The van der Waals surface area contributed by atoms with Crippen molar-refractivity contribution >= 4 is 45.6 Å². The largest absolute Gasteiger partial charge is 0.480 e. The fourth-order valence-electron chi connectivity index (χ4n) is 5.32. The van der Waals surface area contributed by atoms with Gasteiger partial charge in [-0.05, 0) is 37.0 Å². The molecular weight excluding hydrogens is 556 g/mol. The molecule has 14 heteroatoms. The molecule has 2 aliphatic heterocycles. The topological polar surface area (TPSA) is 93.5 Å². The number of ether oxygens (including phenoxy) is 2. The fraction of sp³-hybridized carbons (Fsp3) is 0.500. The quantitative estimate of drug-likeness (QED) is 0.414. The van der Waals surface area contributed by atoms with Gasteiger partial charge in [0.05, 0.1) is 30.0 Å². The monoisotopic (exact) mass is 582 g/mol. The zero-order valence-electron chi connectivity index (χ0n) is 21.7. The first-order chi connectivity index (χ1) is 19.0. The van der Waals surface area contributed by atoms with E-state index < -0.39 is 42.6 Å². The number of nitrogens with zero attached hydrogens (tertiary/aromatic N) is 4. The number of aryl methyl sites for hydroxylation is 1. The Balaban J connectivity index is 1.35. The van der Waals surface area contributed by atoms with Gasteiger partial charge in [-0.3, -0.25) is 4.79 Å². The number of alkyl halides is 4. The van der Waals surface area contributed by atoms with E-state index in [0.717, 1.165) is 0 Å². The maximum Gasteiger partial charge on any atom is 0.301 e. The Morgan fingerprint density at radius 3 is 2.73 bits per heavy atom. The molecule has 1 saturated carbocycles. The summed E-state index contributed by atoms with van der Waals surface area (Å²) < 4.78 is 69.8. The lowest BCUT2D eigenvalue weighted by Crippen LogP contribution is -2.52. The van der Waals surface area contributed by atoms with Crippen molar-refractivity contribution in [1.82, 2.24) is 14.5 Å². The average molecular weight is 583 g/mol. The van der Waals surface area contributed by atoms with Crippen LogP contribution in [0.4, 0.5) is 40.7 Å². The van der Waals surface area contributed by atoms with E-state index >= 15 is 0 Å². The SMILES string of the molecule is COC1CN(c2ncc(Cl)c(Nc3ccc4c(c3)c3c(c(=O)n4C)OCC(F)(F)[C@H](C4CC4)N3)n2)CCC1(F)F. The Kier molecular flexibility index (Phi) is 6.49.